The molecule has 1 N–H and O–H groups in total. The first-order valence-electron chi connectivity index (χ1n) is 10.1. The summed E-state index contributed by atoms with van der Waals surface area (Å²) < 4.78 is 20.9. The molecule has 0 aliphatic heterocycles. The minimum Gasteiger partial charge on any atom is -0.483 e. The molecule has 1 atom stereocenters. The van der Waals surface area contributed by atoms with E-state index < -0.39 is 6.10 Å². The molecule has 0 saturated carbocycles. The summed E-state index contributed by atoms with van der Waals surface area (Å²) in [6, 6.07) is 12.6. The van der Waals surface area contributed by atoms with Crippen LogP contribution in [0.25, 0.3) is 0 Å². The average Bonchev–Trinajstić information content (AvgIpc) is 3.19. The van der Waals surface area contributed by atoms with Gasteiger partial charge >= 0.3 is 0 Å². The summed E-state index contributed by atoms with van der Waals surface area (Å²) in [4.78, 5) is 23.7. The molecule has 1 unspecified atom stereocenters. The number of hydrogen-bond donors (Lipinski definition) is 1. The molecule has 32 heavy (non-hydrogen) atoms. The van der Waals surface area contributed by atoms with Gasteiger partial charge in [0.1, 0.15) is 11.6 Å². The van der Waals surface area contributed by atoms with Crippen molar-refractivity contribution in [1.82, 2.24) is 14.8 Å². The Bertz CT molecular complexity index is 1080. The van der Waals surface area contributed by atoms with E-state index in [4.69, 9.17) is 4.74 Å². The fourth-order valence-corrected chi connectivity index (χ4v) is 3.91. The molecule has 2 aromatic carbocycles. The van der Waals surface area contributed by atoms with E-state index in [2.05, 4.69) is 15.5 Å². The first-order valence-corrected chi connectivity index (χ1v) is 11.1. The summed E-state index contributed by atoms with van der Waals surface area (Å²) in [5.74, 6) is 0.739. The van der Waals surface area contributed by atoms with E-state index in [-0.39, 0.29) is 29.3 Å². The topological polar surface area (TPSA) is 86.1 Å². The van der Waals surface area contributed by atoms with Gasteiger partial charge in [-0.15, -0.1) is 10.2 Å². The van der Waals surface area contributed by atoms with Gasteiger partial charge in [-0.05, 0) is 76.2 Å². The number of carbonyl (C=O) groups excluding carboxylic acids is 2. The number of nitrogens with zero attached hydrogens (tertiary/aromatic N) is 3. The maximum atomic E-state index is 13.1. The lowest BCUT2D eigenvalue weighted by Gasteiger charge is -2.18. The first-order chi connectivity index (χ1) is 15.2. The second-order valence-electron chi connectivity index (χ2n) is 7.49. The number of ether oxygens (including phenoxy) is 1. The quantitative estimate of drug-likeness (QED) is 0.357. The van der Waals surface area contributed by atoms with Crippen molar-refractivity contribution in [1.29, 1.82) is 0 Å². The largest absolute Gasteiger partial charge is 0.483 e. The summed E-state index contributed by atoms with van der Waals surface area (Å²) in [7, 11) is 0. The summed E-state index contributed by atoms with van der Waals surface area (Å²) in [5.41, 5.74) is 1.21. The van der Waals surface area contributed by atoms with E-state index in [1.165, 1.54) is 30.8 Å². The maximum Gasteiger partial charge on any atom is 0.234 e. The van der Waals surface area contributed by atoms with Crippen molar-refractivity contribution in [3.05, 3.63) is 65.7 Å². The Balaban J connectivity index is 1.64. The standard InChI is InChI=1S/C23H25FN4O3S/c1-14(2)28-22(16(4)31-20-11-7-18(24)8-12-20)26-27-23(28)32-13-21(30)25-19-9-5-17(6-10-19)15(3)29/h5-12,14,16H,13H2,1-4H3,(H,25,30). The van der Waals surface area contributed by atoms with Crippen molar-refractivity contribution in [2.75, 3.05) is 11.1 Å². The molecule has 1 heterocycles. The molecule has 1 amide bonds. The predicted octanol–water partition coefficient (Wildman–Crippen LogP) is 5.07. The lowest BCUT2D eigenvalue weighted by atomic mass is 10.1. The normalized spacial score (nSPS) is 11.9. The lowest BCUT2D eigenvalue weighted by molar-refractivity contribution is -0.113. The van der Waals surface area contributed by atoms with Crippen LogP contribution in [-0.4, -0.2) is 32.2 Å². The zero-order chi connectivity index (χ0) is 23.3. The van der Waals surface area contributed by atoms with Gasteiger partial charge in [0.05, 0.1) is 5.75 Å². The third kappa shape index (κ3) is 5.94. The number of halogens is 1. The van der Waals surface area contributed by atoms with Crippen molar-refractivity contribution in [2.45, 2.75) is 45.0 Å². The Morgan fingerprint density at radius 2 is 1.72 bits per heavy atom. The van der Waals surface area contributed by atoms with Gasteiger partial charge < -0.3 is 14.6 Å². The molecule has 0 aliphatic rings. The van der Waals surface area contributed by atoms with E-state index >= 15 is 0 Å². The van der Waals surface area contributed by atoms with Crippen molar-refractivity contribution in [2.24, 2.45) is 0 Å². The van der Waals surface area contributed by atoms with Gasteiger partial charge in [0.2, 0.25) is 5.91 Å². The minimum atomic E-state index is -0.418. The second-order valence-corrected chi connectivity index (χ2v) is 8.43. The number of thioether (sulfide) groups is 1. The SMILES string of the molecule is CC(=O)c1ccc(NC(=O)CSc2nnc(C(C)Oc3ccc(F)cc3)n2C(C)C)cc1. The predicted molar refractivity (Wildman–Crippen MR) is 122 cm³/mol. The molecule has 1 aromatic heterocycles. The Kier molecular flexibility index (Phi) is 7.63. The van der Waals surface area contributed by atoms with Gasteiger partial charge in [-0.25, -0.2) is 4.39 Å². The zero-order valence-electron chi connectivity index (χ0n) is 18.3. The molecule has 0 radical (unpaired) electrons. The summed E-state index contributed by atoms with van der Waals surface area (Å²) in [6.07, 6.45) is -0.418. The number of nitrogens with one attached hydrogen (secondary N) is 1. The monoisotopic (exact) mass is 456 g/mol. The molecule has 9 heteroatoms. The average molecular weight is 457 g/mol. The summed E-state index contributed by atoms with van der Waals surface area (Å²) in [6.45, 7) is 7.34. The smallest absolute Gasteiger partial charge is 0.234 e. The molecule has 3 aromatic rings. The number of amides is 1. The number of rotatable bonds is 9. The Morgan fingerprint density at radius 3 is 2.31 bits per heavy atom. The fourth-order valence-electron chi connectivity index (χ4n) is 3.03. The van der Waals surface area contributed by atoms with E-state index in [1.54, 1.807) is 36.4 Å². The Labute approximate surface area is 190 Å². The third-order valence-electron chi connectivity index (χ3n) is 4.60. The van der Waals surface area contributed by atoms with Crippen molar-refractivity contribution >= 4 is 29.1 Å². The molecule has 0 aliphatic carbocycles. The highest BCUT2D eigenvalue weighted by atomic mass is 32.2. The Hall–Kier alpha value is -3.20. The highest BCUT2D eigenvalue weighted by molar-refractivity contribution is 7.99. The number of hydrogen-bond acceptors (Lipinski definition) is 6. The maximum absolute atomic E-state index is 13.1. The Morgan fingerprint density at radius 1 is 1.06 bits per heavy atom. The minimum absolute atomic E-state index is 0.0279. The van der Waals surface area contributed by atoms with Crippen molar-refractivity contribution in [3.8, 4) is 5.75 Å². The van der Waals surface area contributed by atoms with Crippen molar-refractivity contribution in [3.63, 3.8) is 0 Å². The van der Waals surface area contributed by atoms with Crippen LogP contribution in [0.15, 0.2) is 53.7 Å². The number of Topliss-reactive ketones (excluding diaryl/α,β-unsaturated/α-hetero) is 1. The van der Waals surface area contributed by atoms with Gasteiger partial charge in [-0.1, -0.05) is 11.8 Å². The zero-order valence-corrected chi connectivity index (χ0v) is 19.1. The molecular formula is C23H25FN4O3S. The van der Waals surface area contributed by atoms with E-state index in [0.717, 1.165) is 0 Å². The molecule has 3 rings (SSSR count). The van der Waals surface area contributed by atoms with Crippen LogP contribution in [0.1, 0.15) is 56.0 Å². The molecule has 0 bridgehead atoms. The van der Waals surface area contributed by atoms with Gasteiger partial charge in [0, 0.05) is 17.3 Å². The van der Waals surface area contributed by atoms with Gasteiger partial charge in [0.15, 0.2) is 22.9 Å². The molecule has 168 valence electrons. The third-order valence-corrected chi connectivity index (χ3v) is 5.55. The van der Waals surface area contributed by atoms with Crippen LogP contribution in [0.4, 0.5) is 10.1 Å². The highest BCUT2D eigenvalue weighted by Gasteiger charge is 2.22. The molecule has 0 spiro atoms. The van der Waals surface area contributed by atoms with Crippen LogP contribution < -0.4 is 10.1 Å². The number of ketones is 1. The fraction of sp³-hybridized carbons (Fsp3) is 0.304. The molecular weight excluding hydrogens is 431 g/mol. The first kappa shape index (κ1) is 23.5. The van der Waals surface area contributed by atoms with Crippen LogP contribution in [0.3, 0.4) is 0 Å². The van der Waals surface area contributed by atoms with Crippen LogP contribution in [-0.2, 0) is 4.79 Å². The lowest BCUT2D eigenvalue weighted by Crippen LogP contribution is -2.16. The van der Waals surface area contributed by atoms with Crippen LogP contribution in [0, 0.1) is 5.82 Å². The number of benzene rings is 2. The summed E-state index contributed by atoms with van der Waals surface area (Å²) >= 11 is 1.28. The van der Waals surface area contributed by atoms with Crippen molar-refractivity contribution < 1.29 is 18.7 Å². The van der Waals surface area contributed by atoms with E-state index in [1.807, 2.05) is 25.3 Å². The number of aromatic nitrogens is 3. The van der Waals surface area contributed by atoms with Crippen LogP contribution in [0.5, 0.6) is 5.75 Å². The summed E-state index contributed by atoms with van der Waals surface area (Å²) in [5, 5.41) is 11.9. The van der Waals surface area contributed by atoms with Gasteiger partial charge in [-0.3, -0.25) is 9.59 Å². The second kappa shape index (κ2) is 10.4. The number of carbonyl (C=O) groups is 2. The van der Waals surface area contributed by atoms with Crippen LogP contribution in [0.2, 0.25) is 0 Å². The van der Waals surface area contributed by atoms with E-state index in [9.17, 15) is 14.0 Å². The molecule has 7 nitrogen and oxygen atoms in total. The molecule has 0 fully saturated rings. The van der Waals surface area contributed by atoms with Gasteiger partial charge in [0.25, 0.3) is 0 Å². The molecule has 0 saturated heterocycles. The van der Waals surface area contributed by atoms with E-state index in [0.29, 0.717) is 28.0 Å². The van der Waals surface area contributed by atoms with Crippen LogP contribution >= 0.6 is 11.8 Å². The van der Waals surface area contributed by atoms with Gasteiger partial charge in [-0.2, -0.15) is 0 Å². The highest BCUT2D eigenvalue weighted by Crippen LogP contribution is 2.27. The number of anilines is 1.